The summed E-state index contributed by atoms with van der Waals surface area (Å²) in [7, 11) is 8.13. The molecule has 26 heavy (non-hydrogen) atoms. The van der Waals surface area contributed by atoms with Crippen molar-refractivity contribution in [3.8, 4) is 0 Å². The van der Waals surface area contributed by atoms with Crippen molar-refractivity contribution in [1.82, 2.24) is 24.9 Å². The molecular weight excluding hydrogens is 328 g/mol. The predicted molar refractivity (Wildman–Crippen MR) is 106 cm³/mol. The number of nitrogens with one attached hydrogen (secondary N) is 1. The highest BCUT2D eigenvalue weighted by atomic mass is 16.5. The van der Waals surface area contributed by atoms with Crippen molar-refractivity contribution in [2.24, 2.45) is 18.0 Å². The van der Waals surface area contributed by atoms with Crippen LogP contribution >= 0.6 is 0 Å². The van der Waals surface area contributed by atoms with E-state index in [-0.39, 0.29) is 6.10 Å². The third kappa shape index (κ3) is 5.20. The maximum atomic E-state index is 5.95. The van der Waals surface area contributed by atoms with Gasteiger partial charge in [-0.15, -0.1) is 0 Å². The second-order valence-corrected chi connectivity index (χ2v) is 7.29. The summed E-state index contributed by atoms with van der Waals surface area (Å²) in [6, 6.07) is 0.497. The van der Waals surface area contributed by atoms with E-state index in [1.165, 1.54) is 12.8 Å². The number of aryl methyl sites for hydroxylation is 1. The smallest absolute Gasteiger partial charge is 0.193 e. The lowest BCUT2D eigenvalue weighted by Crippen LogP contribution is -2.52. The summed E-state index contributed by atoms with van der Waals surface area (Å²) in [5.74, 6) is 1.64. The zero-order chi connectivity index (χ0) is 19.1. The summed E-state index contributed by atoms with van der Waals surface area (Å²) in [5.41, 5.74) is 1.12. The van der Waals surface area contributed by atoms with E-state index in [1.807, 2.05) is 31.2 Å². The Morgan fingerprint density at radius 3 is 2.69 bits per heavy atom. The normalized spacial score (nSPS) is 20.1. The van der Waals surface area contributed by atoms with Crippen LogP contribution in [0.1, 0.15) is 38.4 Å². The number of rotatable bonds is 7. The Hall–Kier alpha value is -1.60. The molecule has 0 radical (unpaired) electrons. The quantitative estimate of drug-likeness (QED) is 0.590. The zero-order valence-electron chi connectivity index (χ0n) is 17.3. The molecule has 0 spiro atoms. The molecule has 0 amide bonds. The summed E-state index contributed by atoms with van der Waals surface area (Å²) in [6.45, 7) is 7.81. The summed E-state index contributed by atoms with van der Waals surface area (Å²) >= 11 is 0. The minimum Gasteiger partial charge on any atom is -0.370 e. The zero-order valence-corrected chi connectivity index (χ0v) is 17.3. The van der Waals surface area contributed by atoms with Gasteiger partial charge in [0.1, 0.15) is 6.10 Å². The van der Waals surface area contributed by atoms with Gasteiger partial charge in [0.15, 0.2) is 5.96 Å². The van der Waals surface area contributed by atoms with Crippen LogP contribution in [0.4, 0.5) is 0 Å². The van der Waals surface area contributed by atoms with Crippen LogP contribution < -0.4 is 5.32 Å². The molecule has 1 saturated heterocycles. The molecule has 7 heteroatoms. The van der Waals surface area contributed by atoms with Gasteiger partial charge in [-0.2, -0.15) is 5.10 Å². The van der Waals surface area contributed by atoms with Crippen LogP contribution in [-0.2, 0) is 11.8 Å². The lowest BCUT2D eigenvalue weighted by Gasteiger charge is -2.37. The Morgan fingerprint density at radius 1 is 1.42 bits per heavy atom. The first-order valence-electron chi connectivity index (χ1n) is 9.72. The molecule has 0 aromatic carbocycles. The molecule has 1 aromatic heterocycles. The maximum Gasteiger partial charge on any atom is 0.193 e. The van der Waals surface area contributed by atoms with Crippen LogP contribution in [0, 0.1) is 5.92 Å². The minimum atomic E-state index is 0.0414. The lowest BCUT2D eigenvalue weighted by molar-refractivity contribution is -0.00816. The molecule has 148 valence electrons. The van der Waals surface area contributed by atoms with Crippen molar-refractivity contribution in [2.75, 3.05) is 47.4 Å². The maximum absolute atomic E-state index is 5.95. The van der Waals surface area contributed by atoms with E-state index in [0.717, 1.165) is 31.2 Å². The van der Waals surface area contributed by atoms with E-state index < -0.39 is 0 Å². The predicted octanol–water partition coefficient (Wildman–Crippen LogP) is 1.74. The van der Waals surface area contributed by atoms with Crippen LogP contribution in [0.2, 0.25) is 0 Å². The van der Waals surface area contributed by atoms with Crippen molar-refractivity contribution >= 4 is 5.96 Å². The molecule has 2 heterocycles. The minimum absolute atomic E-state index is 0.0414. The van der Waals surface area contributed by atoms with Crippen molar-refractivity contribution in [3.05, 3.63) is 18.0 Å². The van der Waals surface area contributed by atoms with Gasteiger partial charge < -0.3 is 19.9 Å². The molecule has 1 fully saturated rings. The SMILES string of the molecule is CCC(CC)C(CNC(=NC)N1CCOC(c2cnn(C)c2)C1)N(C)C. The second-order valence-electron chi connectivity index (χ2n) is 7.29. The fourth-order valence-electron chi connectivity index (χ4n) is 3.78. The molecule has 0 bridgehead atoms. The molecule has 1 N–H and O–H groups in total. The highest BCUT2D eigenvalue weighted by Crippen LogP contribution is 2.22. The monoisotopic (exact) mass is 364 g/mol. The Balaban J connectivity index is 1.98. The topological polar surface area (TPSA) is 57.9 Å². The molecular formula is C19H36N6O. The Kier molecular flexibility index (Phi) is 7.90. The Labute approximate surface area is 158 Å². The summed E-state index contributed by atoms with van der Waals surface area (Å²) < 4.78 is 7.77. The van der Waals surface area contributed by atoms with Crippen LogP contribution in [-0.4, -0.2) is 79.0 Å². The van der Waals surface area contributed by atoms with Gasteiger partial charge >= 0.3 is 0 Å². The van der Waals surface area contributed by atoms with Gasteiger partial charge in [-0.3, -0.25) is 9.67 Å². The number of hydrogen-bond acceptors (Lipinski definition) is 4. The second kappa shape index (κ2) is 9.92. The van der Waals surface area contributed by atoms with Gasteiger partial charge in [-0.05, 0) is 20.0 Å². The van der Waals surface area contributed by atoms with Gasteiger partial charge in [-0.1, -0.05) is 26.7 Å². The molecule has 2 unspecified atom stereocenters. The number of nitrogens with zero attached hydrogens (tertiary/aromatic N) is 5. The lowest BCUT2D eigenvalue weighted by atomic mass is 9.93. The number of hydrogen-bond donors (Lipinski definition) is 1. The van der Waals surface area contributed by atoms with E-state index in [9.17, 15) is 0 Å². The summed E-state index contributed by atoms with van der Waals surface area (Å²) in [4.78, 5) is 9.15. The van der Waals surface area contributed by atoms with Crippen LogP contribution in [0.25, 0.3) is 0 Å². The van der Waals surface area contributed by atoms with Crippen molar-refractivity contribution in [1.29, 1.82) is 0 Å². The van der Waals surface area contributed by atoms with Gasteiger partial charge in [0, 0.05) is 45.0 Å². The van der Waals surface area contributed by atoms with Gasteiger partial charge in [0.2, 0.25) is 0 Å². The van der Waals surface area contributed by atoms with Crippen molar-refractivity contribution in [2.45, 2.75) is 38.8 Å². The molecule has 1 aliphatic heterocycles. The van der Waals surface area contributed by atoms with Crippen molar-refractivity contribution < 1.29 is 4.74 Å². The first-order valence-corrected chi connectivity index (χ1v) is 9.72. The number of ether oxygens (including phenoxy) is 1. The fraction of sp³-hybridized carbons (Fsp3) is 0.789. The molecule has 1 aliphatic rings. The summed E-state index contributed by atoms with van der Waals surface area (Å²) in [5, 5.41) is 7.87. The number of aliphatic imine (C=N–C) groups is 1. The average molecular weight is 365 g/mol. The standard InChI is InChI=1S/C19H36N6O/c1-7-15(8-2)17(23(4)5)12-21-19(20-3)25-9-10-26-18(14-25)16-11-22-24(6)13-16/h11,13,15,17-18H,7-10,12,14H2,1-6H3,(H,20,21). The van der Waals surface area contributed by atoms with E-state index >= 15 is 0 Å². The van der Waals surface area contributed by atoms with Gasteiger partial charge in [0.25, 0.3) is 0 Å². The molecule has 2 rings (SSSR count). The van der Waals surface area contributed by atoms with E-state index in [2.05, 4.69) is 53.2 Å². The highest BCUT2D eigenvalue weighted by molar-refractivity contribution is 5.80. The third-order valence-corrected chi connectivity index (χ3v) is 5.40. The highest BCUT2D eigenvalue weighted by Gasteiger charge is 2.26. The Bertz CT molecular complexity index is 566. The molecule has 7 nitrogen and oxygen atoms in total. The van der Waals surface area contributed by atoms with Gasteiger partial charge in [0.05, 0.1) is 19.3 Å². The average Bonchev–Trinajstić information content (AvgIpc) is 3.08. The molecule has 0 saturated carbocycles. The number of guanidine groups is 1. The number of aromatic nitrogens is 2. The molecule has 1 aromatic rings. The molecule has 0 aliphatic carbocycles. The van der Waals surface area contributed by atoms with Crippen LogP contribution in [0.5, 0.6) is 0 Å². The largest absolute Gasteiger partial charge is 0.370 e. The third-order valence-electron chi connectivity index (χ3n) is 5.40. The van der Waals surface area contributed by atoms with Crippen LogP contribution in [0.3, 0.4) is 0 Å². The van der Waals surface area contributed by atoms with Crippen LogP contribution in [0.15, 0.2) is 17.4 Å². The Morgan fingerprint density at radius 2 is 2.15 bits per heavy atom. The first-order chi connectivity index (χ1) is 12.5. The van der Waals surface area contributed by atoms with E-state index in [0.29, 0.717) is 18.6 Å². The number of likely N-dealkylation sites (N-methyl/N-ethyl adjacent to an activating group) is 1. The van der Waals surface area contributed by atoms with E-state index in [1.54, 1.807) is 0 Å². The molecule has 2 atom stereocenters. The first kappa shape index (κ1) is 20.7. The summed E-state index contributed by atoms with van der Waals surface area (Å²) in [6.07, 6.45) is 6.35. The fourth-order valence-corrected chi connectivity index (χ4v) is 3.78. The number of morpholine rings is 1. The van der Waals surface area contributed by atoms with E-state index in [4.69, 9.17) is 4.74 Å². The van der Waals surface area contributed by atoms with Crippen molar-refractivity contribution in [3.63, 3.8) is 0 Å². The van der Waals surface area contributed by atoms with Gasteiger partial charge in [-0.25, -0.2) is 0 Å².